The molecule has 0 aliphatic rings. The maximum Gasteiger partial charge on any atom is 0.387 e. The molecule has 26 heavy (non-hydrogen) atoms. The van der Waals surface area contributed by atoms with Gasteiger partial charge in [-0.15, -0.1) is 0 Å². The number of benzene rings is 2. The molecule has 0 saturated carbocycles. The van der Waals surface area contributed by atoms with E-state index in [4.69, 9.17) is 9.47 Å². The van der Waals surface area contributed by atoms with Crippen LogP contribution in [0.5, 0.6) is 11.5 Å². The number of halogens is 2. The van der Waals surface area contributed by atoms with Gasteiger partial charge in [-0.3, -0.25) is 4.79 Å². The van der Waals surface area contributed by atoms with E-state index in [1.165, 1.54) is 30.2 Å². The highest BCUT2D eigenvalue weighted by Crippen LogP contribution is 2.29. The summed E-state index contributed by atoms with van der Waals surface area (Å²) in [6.45, 7) is -3.49. The van der Waals surface area contributed by atoms with Gasteiger partial charge in [-0.2, -0.15) is 8.78 Å². The molecule has 0 radical (unpaired) electrons. The number of likely N-dealkylation sites (N-methyl/N-ethyl adjacent to an activating group) is 1. The van der Waals surface area contributed by atoms with Crippen LogP contribution in [0.25, 0.3) is 0 Å². The van der Waals surface area contributed by atoms with Crippen LogP contribution in [0.4, 0.5) is 14.5 Å². The van der Waals surface area contributed by atoms with Gasteiger partial charge in [0.15, 0.2) is 18.1 Å². The number of nitrogens with zero attached hydrogens (tertiary/aromatic N) is 1. The topological polar surface area (TPSA) is 65.1 Å². The Morgan fingerprint density at radius 1 is 1.08 bits per heavy atom. The highest BCUT2D eigenvalue weighted by atomic mass is 19.3. The maximum atomic E-state index is 12.3. The molecule has 0 aliphatic carbocycles. The second-order valence-corrected chi connectivity index (χ2v) is 5.11. The van der Waals surface area contributed by atoms with Crippen LogP contribution in [-0.4, -0.2) is 39.3 Å². The number of anilines is 1. The van der Waals surface area contributed by atoms with Crippen LogP contribution in [0.3, 0.4) is 0 Å². The number of para-hydroxylation sites is 1. The fourth-order valence-corrected chi connectivity index (χ4v) is 2.09. The molecule has 0 saturated heterocycles. The van der Waals surface area contributed by atoms with E-state index in [-0.39, 0.29) is 17.1 Å². The Hall–Kier alpha value is -3.16. The van der Waals surface area contributed by atoms with Crippen LogP contribution >= 0.6 is 0 Å². The maximum absolute atomic E-state index is 12.3. The molecule has 0 aromatic heterocycles. The van der Waals surface area contributed by atoms with E-state index in [0.29, 0.717) is 5.69 Å². The lowest BCUT2D eigenvalue weighted by Gasteiger charge is -2.17. The Labute approximate surface area is 148 Å². The van der Waals surface area contributed by atoms with Crippen LogP contribution in [0.15, 0.2) is 48.5 Å². The first-order valence-corrected chi connectivity index (χ1v) is 7.54. The number of carbonyl (C=O) groups excluding carboxylic acids is 2. The molecule has 2 rings (SSSR count). The summed E-state index contributed by atoms with van der Waals surface area (Å²) in [4.78, 5) is 25.5. The number of esters is 1. The lowest BCUT2D eigenvalue weighted by Crippen LogP contribution is -2.31. The third kappa shape index (κ3) is 4.92. The largest absolute Gasteiger partial charge is 0.493 e. The van der Waals surface area contributed by atoms with Gasteiger partial charge in [-0.25, -0.2) is 4.79 Å². The Morgan fingerprint density at radius 2 is 1.77 bits per heavy atom. The van der Waals surface area contributed by atoms with Crippen molar-refractivity contribution < 1.29 is 32.6 Å². The molecular formula is C18H17F2NO5. The van der Waals surface area contributed by atoms with Gasteiger partial charge >= 0.3 is 12.6 Å². The molecule has 0 heterocycles. The molecule has 1 amide bonds. The molecule has 0 fully saturated rings. The molecule has 0 bridgehead atoms. The zero-order valence-corrected chi connectivity index (χ0v) is 14.1. The number of carbonyl (C=O) groups is 2. The summed E-state index contributed by atoms with van der Waals surface area (Å²) in [7, 11) is 2.81. The molecule has 0 spiro atoms. The Balaban J connectivity index is 2.00. The Bertz CT molecular complexity index is 767. The normalized spacial score (nSPS) is 10.3. The Morgan fingerprint density at radius 3 is 2.38 bits per heavy atom. The summed E-state index contributed by atoms with van der Waals surface area (Å²) in [6, 6.07) is 12.5. The van der Waals surface area contributed by atoms with Gasteiger partial charge in [0.2, 0.25) is 0 Å². The lowest BCUT2D eigenvalue weighted by molar-refractivity contribution is -0.121. The van der Waals surface area contributed by atoms with Crippen molar-refractivity contribution >= 4 is 17.6 Å². The molecule has 0 atom stereocenters. The number of rotatable bonds is 7. The molecule has 0 unspecified atom stereocenters. The monoisotopic (exact) mass is 365 g/mol. The summed E-state index contributed by atoms with van der Waals surface area (Å²) >= 11 is 0. The van der Waals surface area contributed by atoms with Crippen molar-refractivity contribution in [1.29, 1.82) is 0 Å². The number of amides is 1. The summed E-state index contributed by atoms with van der Waals surface area (Å²) in [5.41, 5.74) is 0.697. The van der Waals surface area contributed by atoms with E-state index < -0.39 is 25.1 Å². The third-order valence-electron chi connectivity index (χ3n) is 3.46. The van der Waals surface area contributed by atoms with Crippen molar-refractivity contribution in [2.75, 3.05) is 25.7 Å². The number of methoxy groups -OCH3 is 1. The van der Waals surface area contributed by atoms with Crippen molar-refractivity contribution in [3.63, 3.8) is 0 Å². The second kappa shape index (κ2) is 8.80. The average molecular weight is 365 g/mol. The standard InChI is InChI=1S/C18H17F2NO5/c1-21(13-6-4-3-5-7-13)16(22)11-25-17(23)12-8-9-14(26-18(19)20)15(10-12)24-2/h3-10,18H,11H2,1-2H3. The van der Waals surface area contributed by atoms with Crippen molar-refractivity contribution in [1.82, 2.24) is 0 Å². The van der Waals surface area contributed by atoms with E-state index in [9.17, 15) is 18.4 Å². The van der Waals surface area contributed by atoms with Gasteiger partial charge in [0.1, 0.15) is 0 Å². The van der Waals surface area contributed by atoms with E-state index in [1.54, 1.807) is 31.3 Å². The molecule has 2 aromatic rings. The predicted molar refractivity (Wildman–Crippen MR) is 89.8 cm³/mol. The van der Waals surface area contributed by atoms with Crippen molar-refractivity contribution in [3.05, 3.63) is 54.1 Å². The highest BCUT2D eigenvalue weighted by Gasteiger charge is 2.17. The highest BCUT2D eigenvalue weighted by molar-refractivity contribution is 5.96. The molecule has 8 heteroatoms. The van der Waals surface area contributed by atoms with Gasteiger partial charge in [0.25, 0.3) is 5.91 Å². The third-order valence-corrected chi connectivity index (χ3v) is 3.46. The number of hydrogen-bond acceptors (Lipinski definition) is 5. The van der Waals surface area contributed by atoms with Crippen LogP contribution in [0, 0.1) is 0 Å². The minimum atomic E-state index is -3.02. The Kier molecular flexibility index (Phi) is 6.48. The zero-order valence-electron chi connectivity index (χ0n) is 14.1. The number of ether oxygens (including phenoxy) is 3. The fourth-order valence-electron chi connectivity index (χ4n) is 2.09. The van der Waals surface area contributed by atoms with E-state index in [2.05, 4.69) is 4.74 Å². The molecular weight excluding hydrogens is 348 g/mol. The molecule has 0 N–H and O–H groups in total. The van der Waals surface area contributed by atoms with Crippen LogP contribution < -0.4 is 14.4 Å². The summed E-state index contributed by atoms with van der Waals surface area (Å²) in [5, 5.41) is 0. The first-order chi connectivity index (χ1) is 12.4. The first-order valence-electron chi connectivity index (χ1n) is 7.54. The van der Waals surface area contributed by atoms with Crippen LogP contribution in [0.2, 0.25) is 0 Å². The van der Waals surface area contributed by atoms with Crippen molar-refractivity contribution in [2.45, 2.75) is 6.61 Å². The van der Waals surface area contributed by atoms with Gasteiger partial charge in [0, 0.05) is 12.7 Å². The van der Waals surface area contributed by atoms with Crippen LogP contribution in [-0.2, 0) is 9.53 Å². The second-order valence-electron chi connectivity index (χ2n) is 5.11. The van der Waals surface area contributed by atoms with E-state index in [0.717, 1.165) is 0 Å². The first kappa shape index (κ1) is 19.2. The van der Waals surface area contributed by atoms with Gasteiger partial charge in [-0.05, 0) is 30.3 Å². The zero-order chi connectivity index (χ0) is 19.1. The minimum Gasteiger partial charge on any atom is -0.493 e. The summed E-state index contributed by atoms with van der Waals surface area (Å²) in [6.07, 6.45) is 0. The fraction of sp³-hybridized carbons (Fsp3) is 0.222. The molecule has 0 aliphatic heterocycles. The van der Waals surface area contributed by atoms with Gasteiger partial charge < -0.3 is 19.1 Å². The quantitative estimate of drug-likeness (QED) is 0.706. The van der Waals surface area contributed by atoms with E-state index in [1.807, 2.05) is 6.07 Å². The van der Waals surface area contributed by atoms with Crippen LogP contribution in [0.1, 0.15) is 10.4 Å². The molecule has 6 nitrogen and oxygen atoms in total. The van der Waals surface area contributed by atoms with Gasteiger partial charge in [0.05, 0.1) is 12.7 Å². The van der Waals surface area contributed by atoms with Gasteiger partial charge in [-0.1, -0.05) is 18.2 Å². The number of hydrogen-bond donors (Lipinski definition) is 0. The van der Waals surface area contributed by atoms with Crippen molar-refractivity contribution in [2.24, 2.45) is 0 Å². The smallest absolute Gasteiger partial charge is 0.387 e. The SMILES string of the molecule is COc1cc(C(=O)OCC(=O)N(C)c2ccccc2)ccc1OC(F)F. The molecule has 2 aromatic carbocycles. The predicted octanol–water partition coefficient (Wildman–Crippen LogP) is 3.12. The summed E-state index contributed by atoms with van der Waals surface area (Å²) in [5.74, 6) is -1.47. The lowest BCUT2D eigenvalue weighted by atomic mass is 10.2. The van der Waals surface area contributed by atoms with Crippen molar-refractivity contribution in [3.8, 4) is 11.5 Å². The summed E-state index contributed by atoms with van der Waals surface area (Å²) < 4.78 is 38.8. The molecule has 138 valence electrons. The minimum absolute atomic E-state index is 0.0404. The number of alkyl halides is 2. The van der Waals surface area contributed by atoms with E-state index >= 15 is 0 Å². The average Bonchev–Trinajstić information content (AvgIpc) is 2.65.